The van der Waals surface area contributed by atoms with Crippen molar-refractivity contribution in [2.75, 3.05) is 0 Å². The average Bonchev–Trinajstić information content (AvgIpc) is 3.15. The van der Waals surface area contributed by atoms with Crippen LogP contribution in [0.3, 0.4) is 0 Å². The van der Waals surface area contributed by atoms with Gasteiger partial charge in [-0.15, -0.1) is 23.7 Å². The summed E-state index contributed by atoms with van der Waals surface area (Å²) in [5, 5.41) is 9.83. The number of hydrogen-bond donors (Lipinski definition) is 2. The first-order valence-electron chi connectivity index (χ1n) is 10.4. The minimum absolute atomic E-state index is 0. The first kappa shape index (κ1) is 24.4. The summed E-state index contributed by atoms with van der Waals surface area (Å²) in [6, 6.07) is 16.7. The fraction of sp³-hybridized carbons (Fsp3) is 0.250. The second-order valence-electron chi connectivity index (χ2n) is 8.44. The Balaban J connectivity index is 0.00000274. The molecule has 3 N–H and O–H groups in total. The molecule has 1 aliphatic rings. The summed E-state index contributed by atoms with van der Waals surface area (Å²) in [6.07, 6.45) is -2.99. The van der Waals surface area contributed by atoms with Crippen LogP contribution in [0.2, 0.25) is 0 Å². The van der Waals surface area contributed by atoms with Crippen LogP contribution in [0.15, 0.2) is 65.7 Å². The first-order valence-corrected chi connectivity index (χ1v) is 11.2. The van der Waals surface area contributed by atoms with Gasteiger partial charge in [0.2, 0.25) is 0 Å². The van der Waals surface area contributed by atoms with E-state index < -0.39 is 29.9 Å². The Kier molecular flexibility index (Phi) is 6.32. The van der Waals surface area contributed by atoms with Gasteiger partial charge in [0.25, 0.3) is 5.56 Å². The fourth-order valence-electron chi connectivity index (χ4n) is 4.39. The predicted molar refractivity (Wildman–Crippen MR) is 129 cm³/mol. The molecule has 0 spiro atoms. The van der Waals surface area contributed by atoms with Gasteiger partial charge < -0.3 is 10.8 Å². The van der Waals surface area contributed by atoms with Crippen LogP contribution in [0, 0.1) is 0 Å². The second kappa shape index (κ2) is 8.81. The van der Waals surface area contributed by atoms with E-state index in [2.05, 4.69) is 4.98 Å². The first-order chi connectivity index (χ1) is 15.6. The van der Waals surface area contributed by atoms with E-state index in [1.807, 2.05) is 54.6 Å². The topological polar surface area (TPSA) is 81.1 Å². The zero-order chi connectivity index (χ0) is 23.4. The lowest BCUT2D eigenvalue weighted by Crippen LogP contribution is -2.51. The number of aliphatic hydroxyl groups excluding tert-OH is 1. The van der Waals surface area contributed by atoms with Crippen molar-refractivity contribution in [3.8, 4) is 21.6 Å². The molecule has 1 fully saturated rings. The molecule has 178 valence electrons. The maximum atomic E-state index is 13.1. The lowest BCUT2D eigenvalue weighted by atomic mass is 9.70. The SMILES string of the molecule is Cl.N[C@]1(c2ccc(-c3sc4ncn(CC(F)(F)F)c(=O)c4c3-c3ccccc3)cc2)C[C@H](O)C1. The van der Waals surface area contributed by atoms with Gasteiger partial charge in [0.1, 0.15) is 11.4 Å². The predicted octanol–water partition coefficient (Wildman–Crippen LogP) is 5.08. The molecule has 0 unspecified atom stereocenters. The summed E-state index contributed by atoms with van der Waals surface area (Å²) in [5.74, 6) is 0. The largest absolute Gasteiger partial charge is 0.406 e. The molecule has 10 heteroatoms. The maximum Gasteiger partial charge on any atom is 0.406 e. The van der Waals surface area contributed by atoms with Crippen molar-refractivity contribution >= 4 is 34.0 Å². The normalized spacial score (nSPS) is 20.1. The van der Waals surface area contributed by atoms with Crippen LogP contribution >= 0.6 is 23.7 Å². The van der Waals surface area contributed by atoms with E-state index in [0.717, 1.165) is 27.9 Å². The molecule has 2 aromatic heterocycles. The molecule has 1 saturated carbocycles. The highest BCUT2D eigenvalue weighted by Gasteiger charge is 2.41. The van der Waals surface area contributed by atoms with E-state index in [0.29, 0.717) is 27.8 Å². The van der Waals surface area contributed by atoms with Crippen LogP contribution in [-0.2, 0) is 12.1 Å². The zero-order valence-corrected chi connectivity index (χ0v) is 19.4. The van der Waals surface area contributed by atoms with Gasteiger partial charge in [0, 0.05) is 16.0 Å². The Morgan fingerprint density at radius 2 is 1.74 bits per heavy atom. The monoisotopic (exact) mass is 507 g/mol. The van der Waals surface area contributed by atoms with Crippen LogP contribution in [0.25, 0.3) is 31.8 Å². The number of thiophene rings is 1. The van der Waals surface area contributed by atoms with Crippen molar-refractivity contribution in [3.05, 3.63) is 76.8 Å². The maximum absolute atomic E-state index is 13.1. The Morgan fingerprint density at radius 3 is 2.32 bits per heavy atom. The number of nitrogens with zero attached hydrogens (tertiary/aromatic N) is 2. The standard InChI is InChI=1S/C24H20F3N3O2S.ClH/c25-24(26,27)12-30-13-29-21-19(22(30)32)18(14-4-2-1-3-5-14)20(33-21)15-6-8-16(9-7-15)23(28)10-17(31)11-23;/h1-9,13,17,31H,10-12,28H2;1H/t17-,23+;. The molecule has 0 bridgehead atoms. The molecule has 0 amide bonds. The summed E-state index contributed by atoms with van der Waals surface area (Å²) in [4.78, 5) is 18.4. The number of rotatable bonds is 4. The van der Waals surface area contributed by atoms with Gasteiger partial charge in [-0.25, -0.2) is 4.98 Å². The highest BCUT2D eigenvalue weighted by atomic mass is 35.5. The van der Waals surface area contributed by atoms with Gasteiger partial charge in [-0.05, 0) is 29.5 Å². The summed E-state index contributed by atoms with van der Waals surface area (Å²) in [6.45, 7) is -1.40. The summed E-state index contributed by atoms with van der Waals surface area (Å²) >= 11 is 1.27. The molecular formula is C24H21ClF3N3O2S. The summed E-state index contributed by atoms with van der Waals surface area (Å²) < 4.78 is 39.6. The Hall–Kier alpha value is -2.72. The number of fused-ring (bicyclic) bond motifs is 1. The van der Waals surface area contributed by atoms with Crippen molar-refractivity contribution in [3.63, 3.8) is 0 Å². The highest BCUT2D eigenvalue weighted by Crippen LogP contribution is 2.44. The minimum Gasteiger partial charge on any atom is -0.393 e. The third-order valence-electron chi connectivity index (χ3n) is 6.01. The Labute approximate surface area is 203 Å². The van der Waals surface area contributed by atoms with Gasteiger partial charge in [-0.1, -0.05) is 54.6 Å². The Morgan fingerprint density at radius 1 is 1.09 bits per heavy atom. The molecule has 34 heavy (non-hydrogen) atoms. The quantitative estimate of drug-likeness (QED) is 0.403. The molecule has 0 aliphatic heterocycles. The lowest BCUT2D eigenvalue weighted by molar-refractivity contribution is -0.141. The number of nitrogens with two attached hydrogens (primary N) is 1. The van der Waals surface area contributed by atoms with Gasteiger partial charge in [-0.3, -0.25) is 9.36 Å². The molecule has 5 nitrogen and oxygen atoms in total. The average molecular weight is 508 g/mol. The van der Waals surface area contributed by atoms with E-state index in [1.54, 1.807) is 0 Å². The second-order valence-corrected chi connectivity index (χ2v) is 9.44. The molecule has 0 atom stereocenters. The minimum atomic E-state index is -4.53. The third kappa shape index (κ3) is 4.36. The van der Waals surface area contributed by atoms with E-state index in [9.17, 15) is 23.1 Å². The molecule has 0 saturated heterocycles. The summed E-state index contributed by atoms with van der Waals surface area (Å²) in [5.41, 5.74) is 8.10. The van der Waals surface area contributed by atoms with E-state index >= 15 is 0 Å². The molecule has 1 aliphatic carbocycles. The number of halogens is 4. The van der Waals surface area contributed by atoms with Crippen LogP contribution < -0.4 is 11.3 Å². The van der Waals surface area contributed by atoms with E-state index in [1.165, 1.54) is 11.3 Å². The van der Waals surface area contributed by atoms with Crippen molar-refractivity contribution in [2.45, 2.75) is 37.2 Å². The third-order valence-corrected chi connectivity index (χ3v) is 7.16. The smallest absolute Gasteiger partial charge is 0.393 e. The molecule has 2 heterocycles. The van der Waals surface area contributed by atoms with Gasteiger partial charge in [0.15, 0.2) is 0 Å². The molecular weight excluding hydrogens is 487 g/mol. The van der Waals surface area contributed by atoms with Crippen LogP contribution in [0.5, 0.6) is 0 Å². The van der Waals surface area contributed by atoms with Crippen molar-refractivity contribution < 1.29 is 18.3 Å². The van der Waals surface area contributed by atoms with Crippen molar-refractivity contribution in [2.24, 2.45) is 5.73 Å². The molecule has 5 rings (SSSR count). The fourth-order valence-corrected chi connectivity index (χ4v) is 5.55. The van der Waals surface area contributed by atoms with E-state index in [-0.39, 0.29) is 17.8 Å². The molecule has 0 radical (unpaired) electrons. The Bertz CT molecular complexity index is 1380. The number of benzene rings is 2. The number of aromatic nitrogens is 2. The number of aliphatic hydroxyl groups is 1. The van der Waals surface area contributed by atoms with Crippen LogP contribution in [0.1, 0.15) is 18.4 Å². The van der Waals surface area contributed by atoms with Crippen LogP contribution in [0.4, 0.5) is 13.2 Å². The van der Waals surface area contributed by atoms with Gasteiger partial charge in [0.05, 0.1) is 17.8 Å². The summed E-state index contributed by atoms with van der Waals surface area (Å²) in [7, 11) is 0. The molecule has 4 aromatic rings. The van der Waals surface area contributed by atoms with Crippen molar-refractivity contribution in [1.82, 2.24) is 9.55 Å². The molecule has 2 aromatic carbocycles. The van der Waals surface area contributed by atoms with Gasteiger partial charge in [-0.2, -0.15) is 13.2 Å². The number of alkyl halides is 3. The lowest BCUT2D eigenvalue weighted by Gasteiger charge is -2.42. The van der Waals surface area contributed by atoms with Gasteiger partial charge >= 0.3 is 6.18 Å². The van der Waals surface area contributed by atoms with Crippen molar-refractivity contribution in [1.29, 1.82) is 0 Å². The van der Waals surface area contributed by atoms with E-state index in [4.69, 9.17) is 5.73 Å². The van der Waals surface area contributed by atoms with Crippen LogP contribution in [-0.4, -0.2) is 26.9 Å². The zero-order valence-electron chi connectivity index (χ0n) is 17.7. The number of hydrogen-bond acceptors (Lipinski definition) is 5. The highest BCUT2D eigenvalue weighted by molar-refractivity contribution is 7.22.